The lowest BCUT2D eigenvalue weighted by Gasteiger charge is -2.11. The van der Waals surface area contributed by atoms with Gasteiger partial charge in [-0.15, -0.1) is 0 Å². The third-order valence-corrected chi connectivity index (χ3v) is 4.76. The average molecular weight is 265 g/mol. The minimum absolute atomic E-state index is 0.156. The summed E-state index contributed by atoms with van der Waals surface area (Å²) in [7, 11) is -2.80. The van der Waals surface area contributed by atoms with E-state index in [0.29, 0.717) is 30.5 Å². The topological polar surface area (TPSA) is 67.9 Å². The Morgan fingerprint density at radius 3 is 2.88 bits per heavy atom. The fourth-order valence-corrected chi connectivity index (χ4v) is 3.66. The average Bonchev–Trinajstić information content (AvgIpc) is 2.97. The first kappa shape index (κ1) is 12.1. The second kappa shape index (κ2) is 4.85. The first-order valence-corrected chi connectivity index (χ1v) is 7.51. The fourth-order valence-electron chi connectivity index (χ4n) is 1.64. The van der Waals surface area contributed by atoms with Crippen LogP contribution in [0.1, 0.15) is 6.42 Å². The maximum atomic E-state index is 11.2. The van der Waals surface area contributed by atoms with E-state index in [9.17, 15) is 8.42 Å². The predicted octanol–water partition coefficient (Wildman–Crippen LogP) is -0.289. The third kappa shape index (κ3) is 3.88. The lowest BCUT2D eigenvalue weighted by molar-refractivity contribution is 0.248. The summed E-state index contributed by atoms with van der Waals surface area (Å²) in [6.45, 7) is 1.79. The van der Waals surface area contributed by atoms with E-state index in [1.165, 1.54) is 0 Å². The molecule has 0 aromatic rings. The zero-order valence-electron chi connectivity index (χ0n) is 8.85. The van der Waals surface area contributed by atoms with Crippen molar-refractivity contribution in [2.45, 2.75) is 12.5 Å². The van der Waals surface area contributed by atoms with E-state index in [0.717, 1.165) is 6.61 Å². The van der Waals surface area contributed by atoms with E-state index in [2.05, 4.69) is 5.32 Å². The van der Waals surface area contributed by atoms with Gasteiger partial charge in [0.2, 0.25) is 0 Å². The molecule has 2 fully saturated rings. The van der Waals surface area contributed by atoms with E-state index >= 15 is 0 Å². The molecule has 0 spiro atoms. The summed E-state index contributed by atoms with van der Waals surface area (Å²) >= 11 is 4.95. The quantitative estimate of drug-likeness (QED) is 0.556. The molecule has 5 nitrogen and oxygen atoms in total. The highest BCUT2D eigenvalue weighted by molar-refractivity contribution is 7.91. The summed E-state index contributed by atoms with van der Waals surface area (Å²) in [5, 5.41) is 3.27. The molecule has 2 saturated heterocycles. The van der Waals surface area contributed by atoms with Gasteiger partial charge in [0.05, 0.1) is 18.1 Å². The number of nitrogens with one attached hydrogen (secondary N) is 1. The van der Waals surface area contributed by atoms with Gasteiger partial charge >= 0.3 is 0 Å². The molecule has 0 unspecified atom stereocenters. The maximum Gasteiger partial charge on any atom is 0.256 e. The van der Waals surface area contributed by atoms with E-state index in [4.69, 9.17) is 21.7 Å². The van der Waals surface area contributed by atoms with E-state index < -0.39 is 9.84 Å². The van der Waals surface area contributed by atoms with Crippen molar-refractivity contribution in [3.05, 3.63) is 0 Å². The van der Waals surface area contributed by atoms with Gasteiger partial charge in [-0.3, -0.25) is 0 Å². The Hall–Kier alpha value is -0.400. The third-order valence-electron chi connectivity index (χ3n) is 2.66. The fraction of sp³-hybridized carbons (Fsp3) is 0.889. The molecule has 2 atom stereocenters. The van der Waals surface area contributed by atoms with Crippen LogP contribution in [-0.2, 0) is 19.3 Å². The number of thiocarbonyl (C=S) groups is 1. The lowest BCUT2D eigenvalue weighted by atomic mass is 10.1. The van der Waals surface area contributed by atoms with Crippen molar-refractivity contribution in [2.24, 2.45) is 5.92 Å². The van der Waals surface area contributed by atoms with Crippen LogP contribution < -0.4 is 5.32 Å². The van der Waals surface area contributed by atoms with Gasteiger partial charge in [0.1, 0.15) is 12.7 Å². The molecular weight excluding hydrogens is 250 g/mol. The summed E-state index contributed by atoms with van der Waals surface area (Å²) in [5.41, 5.74) is 0. The zero-order valence-corrected chi connectivity index (χ0v) is 10.5. The molecule has 16 heavy (non-hydrogen) atoms. The molecule has 0 radical (unpaired) electrons. The molecular formula is C9H15NO4S2. The van der Waals surface area contributed by atoms with Crippen LogP contribution in [0, 0.1) is 5.92 Å². The van der Waals surface area contributed by atoms with Crippen molar-refractivity contribution < 1.29 is 17.9 Å². The largest absolute Gasteiger partial charge is 0.468 e. The Kier molecular flexibility index (Phi) is 3.66. The van der Waals surface area contributed by atoms with Crippen molar-refractivity contribution >= 4 is 27.2 Å². The number of hydrogen-bond donors (Lipinski definition) is 1. The van der Waals surface area contributed by atoms with E-state index in [1.54, 1.807) is 0 Å². The summed E-state index contributed by atoms with van der Waals surface area (Å²) in [5.74, 6) is 0.709. The van der Waals surface area contributed by atoms with Gasteiger partial charge < -0.3 is 14.8 Å². The standard InChI is InChI=1S/C9H15NO4S2/c11-16(12)2-1-7(6-16)3-10-9(15)14-5-8-4-13-8/h7-8H,1-6H2,(H,10,15)/t7-,8-/m1/s1. The molecule has 2 aliphatic heterocycles. The minimum Gasteiger partial charge on any atom is -0.468 e. The Labute approximate surface area is 100 Å². The molecule has 2 heterocycles. The van der Waals surface area contributed by atoms with Crippen molar-refractivity contribution in [3.8, 4) is 0 Å². The van der Waals surface area contributed by atoms with Crippen LogP contribution in [0.5, 0.6) is 0 Å². The highest BCUT2D eigenvalue weighted by Crippen LogP contribution is 2.17. The van der Waals surface area contributed by atoms with E-state index in [-0.39, 0.29) is 17.8 Å². The van der Waals surface area contributed by atoms with Crippen LogP contribution in [0.15, 0.2) is 0 Å². The van der Waals surface area contributed by atoms with Crippen molar-refractivity contribution in [3.63, 3.8) is 0 Å². The number of rotatable bonds is 4. The minimum atomic E-state index is -2.80. The van der Waals surface area contributed by atoms with Gasteiger partial charge in [0.15, 0.2) is 9.84 Å². The van der Waals surface area contributed by atoms with Crippen molar-refractivity contribution in [1.82, 2.24) is 5.32 Å². The molecule has 0 bridgehead atoms. The Balaban J connectivity index is 1.61. The Morgan fingerprint density at radius 1 is 1.56 bits per heavy atom. The highest BCUT2D eigenvalue weighted by atomic mass is 32.2. The number of hydrogen-bond acceptors (Lipinski definition) is 5. The molecule has 2 rings (SSSR count). The first-order valence-electron chi connectivity index (χ1n) is 5.28. The van der Waals surface area contributed by atoms with E-state index in [1.807, 2.05) is 0 Å². The van der Waals surface area contributed by atoms with Crippen LogP contribution in [0.4, 0.5) is 0 Å². The van der Waals surface area contributed by atoms with Gasteiger partial charge in [0.25, 0.3) is 5.17 Å². The van der Waals surface area contributed by atoms with Crippen LogP contribution in [0.2, 0.25) is 0 Å². The van der Waals surface area contributed by atoms with Crippen LogP contribution in [-0.4, -0.2) is 51.0 Å². The summed E-state index contributed by atoms with van der Waals surface area (Å²) in [6, 6.07) is 0. The lowest BCUT2D eigenvalue weighted by Crippen LogP contribution is -2.31. The van der Waals surface area contributed by atoms with Gasteiger partial charge in [-0.1, -0.05) is 0 Å². The highest BCUT2D eigenvalue weighted by Gasteiger charge is 2.28. The molecule has 2 aliphatic rings. The number of epoxide rings is 1. The molecule has 92 valence electrons. The Morgan fingerprint density at radius 2 is 2.31 bits per heavy atom. The number of ether oxygens (including phenoxy) is 2. The molecule has 7 heteroatoms. The summed E-state index contributed by atoms with van der Waals surface area (Å²) < 4.78 is 32.6. The van der Waals surface area contributed by atoms with Gasteiger partial charge in [-0.25, -0.2) is 8.42 Å². The molecule has 0 saturated carbocycles. The summed E-state index contributed by atoms with van der Waals surface area (Å²) in [6.07, 6.45) is 0.899. The Bertz CT molecular complexity index is 364. The van der Waals surface area contributed by atoms with Crippen LogP contribution in [0.25, 0.3) is 0 Å². The monoisotopic (exact) mass is 265 g/mol. The molecule has 0 aliphatic carbocycles. The second-order valence-corrected chi connectivity index (χ2v) is 6.80. The van der Waals surface area contributed by atoms with Gasteiger partial charge in [0, 0.05) is 6.54 Å². The predicted molar refractivity (Wildman–Crippen MR) is 63.1 cm³/mol. The normalized spacial score (nSPS) is 31.0. The maximum absolute atomic E-state index is 11.2. The number of sulfone groups is 1. The van der Waals surface area contributed by atoms with Crippen LogP contribution >= 0.6 is 12.2 Å². The van der Waals surface area contributed by atoms with Crippen LogP contribution in [0.3, 0.4) is 0 Å². The molecule has 0 amide bonds. The van der Waals surface area contributed by atoms with Gasteiger partial charge in [-0.05, 0) is 24.6 Å². The van der Waals surface area contributed by atoms with Crippen molar-refractivity contribution in [1.29, 1.82) is 0 Å². The molecule has 1 N–H and O–H groups in total. The SMILES string of the molecule is O=S1(=O)CC[C@H](CNC(=S)OC[C@H]2CO2)C1. The smallest absolute Gasteiger partial charge is 0.256 e. The second-order valence-electron chi connectivity index (χ2n) is 4.20. The molecule has 0 aromatic carbocycles. The zero-order chi connectivity index (χ0) is 11.6. The van der Waals surface area contributed by atoms with Crippen molar-refractivity contribution in [2.75, 3.05) is 31.3 Å². The first-order chi connectivity index (χ1) is 7.55. The molecule has 0 aromatic heterocycles. The summed E-state index contributed by atoms with van der Waals surface area (Å²) in [4.78, 5) is 0. The van der Waals surface area contributed by atoms with Gasteiger partial charge in [-0.2, -0.15) is 0 Å².